The van der Waals surface area contributed by atoms with Crippen molar-refractivity contribution in [3.8, 4) is 0 Å². The molecule has 2 atom stereocenters. The molecule has 1 aliphatic rings. The molecular weight excluding hydrogens is 394 g/mol. The molecule has 1 aromatic heterocycles. The number of nitrogens with zero attached hydrogens (tertiary/aromatic N) is 2. The van der Waals surface area contributed by atoms with Crippen LogP contribution in [0.25, 0.3) is 0 Å². The van der Waals surface area contributed by atoms with Gasteiger partial charge in [0.2, 0.25) is 0 Å². The number of nitro benzene ring substituents is 1. The number of carboxylic acids is 1. The van der Waals surface area contributed by atoms with Crippen LogP contribution in [0.1, 0.15) is 36.1 Å². The minimum Gasteiger partial charge on any atom is -0.480 e. The number of carbonyl (C=O) groups excluding carboxylic acids is 1. The predicted molar refractivity (Wildman–Crippen MR) is 109 cm³/mol. The molecule has 2 unspecified atom stereocenters. The van der Waals surface area contributed by atoms with Gasteiger partial charge in [-0.15, -0.1) is 11.3 Å². The van der Waals surface area contributed by atoms with E-state index in [-0.39, 0.29) is 12.1 Å². The van der Waals surface area contributed by atoms with E-state index in [4.69, 9.17) is 0 Å². The fourth-order valence-electron chi connectivity index (χ4n) is 3.49. The molecule has 2 aromatic rings. The van der Waals surface area contributed by atoms with Gasteiger partial charge >= 0.3 is 5.97 Å². The molecule has 3 rings (SSSR count). The molecule has 29 heavy (non-hydrogen) atoms. The lowest BCUT2D eigenvalue weighted by atomic mass is 9.64. The average molecular weight is 413 g/mol. The van der Waals surface area contributed by atoms with Gasteiger partial charge < -0.3 is 5.11 Å². The normalized spacial score (nSPS) is 21.6. The molecule has 8 nitrogen and oxygen atoms in total. The summed E-state index contributed by atoms with van der Waals surface area (Å²) >= 11 is 1.44. The van der Waals surface area contributed by atoms with Crippen LogP contribution in [0.3, 0.4) is 0 Å². The smallest absolute Gasteiger partial charge is 0.320 e. The Morgan fingerprint density at radius 2 is 2.07 bits per heavy atom. The molecule has 0 spiro atoms. The van der Waals surface area contributed by atoms with E-state index in [2.05, 4.69) is 10.5 Å². The summed E-state index contributed by atoms with van der Waals surface area (Å²) in [5, 5.41) is 26.8. The Balaban J connectivity index is 1.95. The highest BCUT2D eigenvalue weighted by Gasteiger charge is 2.53. The van der Waals surface area contributed by atoms with Crippen molar-refractivity contribution in [2.24, 2.45) is 10.5 Å². The summed E-state index contributed by atoms with van der Waals surface area (Å²) in [5.74, 6) is -2.65. The Morgan fingerprint density at radius 3 is 2.66 bits per heavy atom. The number of hydrazone groups is 1. The quantitative estimate of drug-likeness (QED) is 0.246. The lowest BCUT2D eigenvalue weighted by Crippen LogP contribution is -2.50. The molecule has 9 heteroatoms. The van der Waals surface area contributed by atoms with E-state index in [1.165, 1.54) is 41.8 Å². The molecule has 1 aliphatic carbocycles. The highest BCUT2D eigenvalue weighted by molar-refractivity contribution is 7.11. The van der Waals surface area contributed by atoms with Crippen molar-refractivity contribution in [3.05, 3.63) is 74.0 Å². The second-order valence-electron chi connectivity index (χ2n) is 6.85. The van der Waals surface area contributed by atoms with Crippen LogP contribution in [0.5, 0.6) is 0 Å². The lowest BCUT2D eigenvalue weighted by molar-refractivity contribution is -0.384. The minimum atomic E-state index is -1.76. The van der Waals surface area contributed by atoms with Crippen molar-refractivity contribution in [1.29, 1.82) is 0 Å². The van der Waals surface area contributed by atoms with Gasteiger partial charge in [-0.2, -0.15) is 5.10 Å². The summed E-state index contributed by atoms with van der Waals surface area (Å²) in [6.45, 7) is 1.87. The first-order valence-corrected chi connectivity index (χ1v) is 9.73. The highest BCUT2D eigenvalue weighted by atomic mass is 32.1. The van der Waals surface area contributed by atoms with Crippen LogP contribution < -0.4 is 5.43 Å². The van der Waals surface area contributed by atoms with Crippen LogP contribution in [-0.4, -0.2) is 28.1 Å². The van der Waals surface area contributed by atoms with Crippen molar-refractivity contribution >= 4 is 35.1 Å². The van der Waals surface area contributed by atoms with Gasteiger partial charge in [-0.05, 0) is 36.8 Å². The number of nitro groups is 1. The monoisotopic (exact) mass is 413 g/mol. The number of rotatable bonds is 6. The van der Waals surface area contributed by atoms with E-state index in [1.54, 1.807) is 6.08 Å². The predicted octanol–water partition coefficient (Wildman–Crippen LogP) is 3.70. The molecule has 0 saturated carbocycles. The zero-order chi connectivity index (χ0) is 21.0. The Hall–Kier alpha value is -3.33. The second kappa shape index (κ2) is 8.36. The number of allylic oxidation sites excluding steroid dienone is 2. The SMILES string of the molecule is CC1=CCC(C(=O)O)(C(=O)NN=Cc2cccs2)C(c2ccc([N+](=O)[O-])cc2)C1. The van der Waals surface area contributed by atoms with Crippen LogP contribution in [0.2, 0.25) is 0 Å². The maximum absolute atomic E-state index is 13.0. The molecule has 150 valence electrons. The molecule has 1 heterocycles. The number of carboxylic acid groups (broad SMARTS) is 1. The van der Waals surface area contributed by atoms with Crippen LogP contribution in [0, 0.1) is 15.5 Å². The summed E-state index contributed by atoms with van der Waals surface area (Å²) in [6, 6.07) is 9.33. The third-order valence-corrected chi connectivity index (χ3v) is 5.89. The highest BCUT2D eigenvalue weighted by Crippen LogP contribution is 2.47. The standard InChI is InChI=1S/C20H19N3O5S/c1-13-8-9-20(19(25)26,18(24)22-21-12-16-3-2-10-29-16)17(11-13)14-4-6-15(7-5-14)23(27)28/h2-8,10,12,17H,9,11H2,1H3,(H,22,24)(H,25,26). The van der Waals surface area contributed by atoms with E-state index in [0.29, 0.717) is 12.0 Å². The first kappa shape index (κ1) is 20.4. The number of carbonyl (C=O) groups is 2. The maximum Gasteiger partial charge on any atom is 0.320 e. The number of thiophene rings is 1. The molecule has 0 saturated heterocycles. The number of amides is 1. The fraction of sp³-hybridized carbons (Fsp3) is 0.250. The summed E-state index contributed by atoms with van der Waals surface area (Å²) in [5.41, 5.74) is 2.04. The van der Waals surface area contributed by atoms with E-state index >= 15 is 0 Å². The number of nitrogens with one attached hydrogen (secondary N) is 1. The lowest BCUT2D eigenvalue weighted by Gasteiger charge is -2.38. The molecule has 0 aliphatic heterocycles. The number of aliphatic carboxylic acids is 1. The van der Waals surface area contributed by atoms with Gasteiger partial charge in [0.1, 0.15) is 0 Å². The largest absolute Gasteiger partial charge is 0.480 e. The van der Waals surface area contributed by atoms with Gasteiger partial charge in [0.25, 0.3) is 11.6 Å². The van der Waals surface area contributed by atoms with Gasteiger partial charge in [0.15, 0.2) is 5.41 Å². The van der Waals surface area contributed by atoms with Crippen molar-refractivity contribution in [2.75, 3.05) is 0 Å². The van der Waals surface area contributed by atoms with E-state index < -0.39 is 28.1 Å². The first-order valence-electron chi connectivity index (χ1n) is 8.85. The second-order valence-corrected chi connectivity index (χ2v) is 7.83. The molecule has 1 aromatic carbocycles. The van der Waals surface area contributed by atoms with E-state index in [9.17, 15) is 24.8 Å². The van der Waals surface area contributed by atoms with E-state index in [0.717, 1.165) is 10.5 Å². The fourth-order valence-corrected chi connectivity index (χ4v) is 4.08. The van der Waals surface area contributed by atoms with Gasteiger partial charge in [0.05, 0.1) is 11.1 Å². The molecular formula is C20H19N3O5S. The molecule has 2 N–H and O–H groups in total. The van der Waals surface area contributed by atoms with Gasteiger partial charge in [-0.25, -0.2) is 5.43 Å². The zero-order valence-corrected chi connectivity index (χ0v) is 16.4. The average Bonchev–Trinajstić information content (AvgIpc) is 3.21. The molecule has 0 fully saturated rings. The third kappa shape index (κ3) is 4.09. The summed E-state index contributed by atoms with van der Waals surface area (Å²) < 4.78 is 0. The number of non-ortho nitro benzene ring substituents is 1. The van der Waals surface area contributed by atoms with Gasteiger partial charge in [-0.3, -0.25) is 19.7 Å². The Bertz CT molecular complexity index is 982. The van der Waals surface area contributed by atoms with Crippen LogP contribution in [-0.2, 0) is 9.59 Å². The first-order chi connectivity index (χ1) is 13.8. The maximum atomic E-state index is 13.0. The van der Waals surface area contributed by atoms with Gasteiger partial charge in [-0.1, -0.05) is 29.8 Å². The zero-order valence-electron chi connectivity index (χ0n) is 15.6. The number of benzene rings is 1. The third-order valence-electron chi connectivity index (χ3n) is 5.09. The number of hydrogen-bond donors (Lipinski definition) is 2. The molecule has 0 bridgehead atoms. The van der Waals surface area contributed by atoms with Crippen LogP contribution in [0.4, 0.5) is 5.69 Å². The topological polar surface area (TPSA) is 122 Å². The van der Waals surface area contributed by atoms with Crippen LogP contribution >= 0.6 is 11.3 Å². The van der Waals surface area contributed by atoms with Crippen LogP contribution in [0.15, 0.2) is 58.5 Å². The van der Waals surface area contributed by atoms with Crippen molar-refractivity contribution < 1.29 is 19.6 Å². The Labute approximate surface area is 170 Å². The Kier molecular flexibility index (Phi) is 5.88. The van der Waals surface area contributed by atoms with Crippen molar-refractivity contribution in [3.63, 3.8) is 0 Å². The van der Waals surface area contributed by atoms with E-state index in [1.807, 2.05) is 24.4 Å². The van der Waals surface area contributed by atoms with Crippen molar-refractivity contribution in [2.45, 2.75) is 25.7 Å². The molecule has 1 amide bonds. The summed E-state index contributed by atoms with van der Waals surface area (Å²) in [7, 11) is 0. The number of hydrogen-bond acceptors (Lipinski definition) is 6. The summed E-state index contributed by atoms with van der Waals surface area (Å²) in [6.07, 6.45) is 3.57. The van der Waals surface area contributed by atoms with Gasteiger partial charge in [0, 0.05) is 22.9 Å². The Morgan fingerprint density at radius 1 is 1.34 bits per heavy atom. The minimum absolute atomic E-state index is 0.0101. The molecule has 0 radical (unpaired) electrons. The van der Waals surface area contributed by atoms with Crippen molar-refractivity contribution in [1.82, 2.24) is 5.43 Å². The summed E-state index contributed by atoms with van der Waals surface area (Å²) in [4.78, 5) is 36.6.